The van der Waals surface area contributed by atoms with Crippen molar-refractivity contribution in [3.05, 3.63) is 24.5 Å². The van der Waals surface area contributed by atoms with Crippen LogP contribution in [0, 0.1) is 6.07 Å². The zero-order valence-electron chi connectivity index (χ0n) is 6.04. The Labute approximate surface area is 72.1 Å². The van der Waals surface area contributed by atoms with E-state index >= 15 is 0 Å². The number of aromatic nitrogens is 1. The van der Waals surface area contributed by atoms with Crippen LogP contribution in [-0.2, 0) is 9.84 Å². The summed E-state index contributed by atoms with van der Waals surface area (Å²) in [6, 6.07) is 2.87. The Morgan fingerprint density at radius 2 is 2.00 bits per heavy atom. The van der Waals surface area contributed by atoms with E-state index in [1.165, 1.54) is 0 Å². The van der Waals surface area contributed by atoms with Gasteiger partial charge in [-0.05, 0) is 6.07 Å². The number of hydrogen-bond acceptors (Lipinski definition) is 3. The Bertz CT molecular complexity index is 384. The van der Waals surface area contributed by atoms with Gasteiger partial charge >= 0.3 is 5.51 Å². The van der Waals surface area contributed by atoms with Gasteiger partial charge in [-0.2, -0.15) is 13.2 Å². The fourth-order valence-corrected chi connectivity index (χ4v) is 1.28. The van der Waals surface area contributed by atoms with Gasteiger partial charge in [0.1, 0.15) is 0 Å². The van der Waals surface area contributed by atoms with Crippen molar-refractivity contribution in [1.29, 1.82) is 0 Å². The van der Waals surface area contributed by atoms with E-state index in [2.05, 4.69) is 11.1 Å². The maximum atomic E-state index is 11.9. The third kappa shape index (κ3) is 1.80. The number of halogens is 3. The van der Waals surface area contributed by atoms with Crippen molar-refractivity contribution < 1.29 is 21.6 Å². The van der Waals surface area contributed by atoms with Gasteiger partial charge in [0, 0.05) is 18.5 Å². The molecule has 0 bridgehead atoms. The number of hydrogen-bond donors (Lipinski definition) is 0. The lowest BCUT2D eigenvalue weighted by Crippen LogP contribution is -2.23. The van der Waals surface area contributed by atoms with Crippen LogP contribution in [0.1, 0.15) is 0 Å². The van der Waals surface area contributed by atoms with Gasteiger partial charge in [0.2, 0.25) is 0 Å². The Morgan fingerprint density at radius 3 is 2.38 bits per heavy atom. The van der Waals surface area contributed by atoms with Gasteiger partial charge in [0.05, 0.1) is 4.90 Å². The fourth-order valence-electron chi connectivity index (χ4n) is 0.591. The smallest absolute Gasteiger partial charge is 0.263 e. The molecule has 0 aliphatic heterocycles. The molecule has 0 atom stereocenters. The molecular formula is C6H3F3NO2S. The molecule has 0 aliphatic rings. The molecule has 13 heavy (non-hydrogen) atoms. The molecule has 7 heteroatoms. The molecule has 0 aliphatic carbocycles. The van der Waals surface area contributed by atoms with Crippen molar-refractivity contribution in [3.8, 4) is 0 Å². The molecule has 1 radical (unpaired) electrons. The molecule has 0 saturated heterocycles. The lowest BCUT2D eigenvalue weighted by atomic mass is 10.5. The van der Waals surface area contributed by atoms with Crippen LogP contribution >= 0.6 is 0 Å². The molecule has 1 aromatic heterocycles. The summed E-state index contributed by atoms with van der Waals surface area (Å²) in [6.07, 6.45) is 1.69. The van der Waals surface area contributed by atoms with Gasteiger partial charge in [0.15, 0.2) is 0 Å². The second kappa shape index (κ2) is 2.99. The average Bonchev–Trinajstić information content (AvgIpc) is 2.04. The highest BCUT2D eigenvalue weighted by Crippen LogP contribution is 2.29. The summed E-state index contributed by atoms with van der Waals surface area (Å²) in [4.78, 5) is 2.33. The van der Waals surface area contributed by atoms with Crippen LogP contribution in [0.25, 0.3) is 0 Å². The van der Waals surface area contributed by atoms with E-state index in [4.69, 9.17) is 0 Å². The van der Waals surface area contributed by atoms with Gasteiger partial charge in [-0.1, -0.05) is 0 Å². The van der Waals surface area contributed by atoms with E-state index in [0.717, 1.165) is 12.3 Å². The Hall–Kier alpha value is -1.11. The first-order valence-electron chi connectivity index (χ1n) is 2.98. The summed E-state index contributed by atoms with van der Waals surface area (Å²) in [5.74, 6) is 0. The van der Waals surface area contributed by atoms with Crippen LogP contribution in [0.5, 0.6) is 0 Å². The summed E-state index contributed by atoms with van der Waals surface area (Å²) in [7, 11) is -5.27. The molecule has 0 saturated carbocycles. The van der Waals surface area contributed by atoms with E-state index in [9.17, 15) is 21.6 Å². The van der Waals surface area contributed by atoms with E-state index in [-0.39, 0.29) is 0 Å². The number of nitrogens with zero attached hydrogens (tertiary/aromatic N) is 1. The van der Waals surface area contributed by atoms with Gasteiger partial charge in [0.25, 0.3) is 9.84 Å². The Kier molecular flexibility index (Phi) is 2.29. The minimum Gasteiger partial charge on any atom is -0.263 e. The number of alkyl halides is 3. The second-order valence-electron chi connectivity index (χ2n) is 2.07. The van der Waals surface area contributed by atoms with Crippen LogP contribution in [0.4, 0.5) is 13.2 Å². The minimum atomic E-state index is -5.29. The highest BCUT2D eigenvalue weighted by Gasteiger charge is 2.46. The standard InChI is InChI=1S/C6H3F3NO2S/c7-6(8,9)13(11,12)5-2-1-3-10-4-5/h2-4H. The first-order chi connectivity index (χ1) is 5.86. The van der Waals surface area contributed by atoms with Gasteiger partial charge in [-0.3, -0.25) is 4.98 Å². The van der Waals surface area contributed by atoms with Crippen molar-refractivity contribution >= 4 is 9.84 Å². The molecule has 0 spiro atoms. The number of rotatable bonds is 1. The lowest BCUT2D eigenvalue weighted by Gasteiger charge is -2.06. The second-order valence-corrected chi connectivity index (χ2v) is 4.01. The summed E-state index contributed by atoms with van der Waals surface area (Å²) in [6.45, 7) is 0. The predicted octanol–water partition coefficient (Wildman–Crippen LogP) is 1.18. The van der Waals surface area contributed by atoms with Crippen molar-refractivity contribution in [3.63, 3.8) is 0 Å². The van der Waals surface area contributed by atoms with Gasteiger partial charge < -0.3 is 0 Å². The van der Waals surface area contributed by atoms with Gasteiger partial charge in [-0.25, -0.2) is 8.42 Å². The summed E-state index contributed by atoms with van der Waals surface area (Å²) in [5, 5.41) is 0. The van der Waals surface area contributed by atoms with E-state index in [1.54, 1.807) is 0 Å². The zero-order chi connectivity index (χ0) is 10.1. The molecular weight excluding hydrogens is 207 g/mol. The van der Waals surface area contributed by atoms with E-state index in [1.807, 2.05) is 0 Å². The summed E-state index contributed by atoms with van der Waals surface area (Å²) < 4.78 is 57.0. The van der Waals surface area contributed by atoms with Crippen LogP contribution in [0.3, 0.4) is 0 Å². The normalized spacial score (nSPS) is 12.8. The molecule has 0 fully saturated rings. The van der Waals surface area contributed by atoms with Crippen molar-refractivity contribution in [2.24, 2.45) is 0 Å². The summed E-state index contributed by atoms with van der Waals surface area (Å²) in [5.41, 5.74) is -5.29. The van der Waals surface area contributed by atoms with E-state index < -0.39 is 20.2 Å². The highest BCUT2D eigenvalue weighted by molar-refractivity contribution is 7.92. The predicted molar refractivity (Wildman–Crippen MR) is 36.3 cm³/mol. The Morgan fingerprint density at radius 1 is 1.38 bits per heavy atom. The largest absolute Gasteiger partial charge is 0.501 e. The van der Waals surface area contributed by atoms with E-state index in [0.29, 0.717) is 6.20 Å². The molecule has 1 aromatic rings. The first kappa shape index (κ1) is 9.97. The zero-order valence-corrected chi connectivity index (χ0v) is 6.85. The first-order valence-corrected chi connectivity index (χ1v) is 4.46. The maximum absolute atomic E-state index is 11.9. The highest BCUT2D eigenvalue weighted by atomic mass is 32.2. The third-order valence-corrected chi connectivity index (χ3v) is 2.64. The van der Waals surface area contributed by atoms with Gasteiger partial charge in [-0.15, -0.1) is 0 Å². The van der Waals surface area contributed by atoms with Crippen molar-refractivity contribution in [1.82, 2.24) is 4.98 Å². The van der Waals surface area contributed by atoms with Crippen LogP contribution in [0.2, 0.25) is 0 Å². The molecule has 71 valence electrons. The molecule has 1 rings (SSSR count). The quantitative estimate of drug-likeness (QED) is 0.699. The monoisotopic (exact) mass is 210 g/mol. The molecule has 3 nitrogen and oxygen atoms in total. The average molecular weight is 210 g/mol. The Balaban J connectivity index is 3.26. The molecule has 0 aromatic carbocycles. The topological polar surface area (TPSA) is 47.0 Å². The molecule has 1 heterocycles. The van der Waals surface area contributed by atoms with Crippen LogP contribution in [-0.4, -0.2) is 18.9 Å². The number of pyridine rings is 1. The van der Waals surface area contributed by atoms with Crippen molar-refractivity contribution in [2.75, 3.05) is 0 Å². The minimum absolute atomic E-state index is 0.624. The van der Waals surface area contributed by atoms with Crippen molar-refractivity contribution in [2.45, 2.75) is 10.4 Å². The summed E-state index contributed by atoms with van der Waals surface area (Å²) >= 11 is 0. The molecule has 0 amide bonds. The maximum Gasteiger partial charge on any atom is 0.501 e. The fraction of sp³-hybridized carbons (Fsp3) is 0.167. The van der Waals surface area contributed by atoms with Crippen LogP contribution < -0.4 is 0 Å². The van der Waals surface area contributed by atoms with Crippen LogP contribution in [0.15, 0.2) is 23.4 Å². The SMILES string of the molecule is O=S(=O)(c1c[c]cnc1)C(F)(F)F. The molecule has 0 N–H and O–H groups in total. The third-order valence-electron chi connectivity index (χ3n) is 1.19. The number of sulfone groups is 1. The molecule has 0 unspecified atom stereocenters. The lowest BCUT2D eigenvalue weighted by molar-refractivity contribution is -0.0436.